The van der Waals surface area contributed by atoms with Gasteiger partial charge in [0.2, 0.25) is 0 Å². The number of aliphatic hydroxyl groups excluding tert-OH is 3. The molecule has 1 saturated heterocycles. The molecule has 1 fully saturated rings. The second-order valence-corrected chi connectivity index (χ2v) is 2.76. The lowest BCUT2D eigenvalue weighted by atomic mass is 9.95. The molecule has 1 aliphatic heterocycles. The minimum Gasteiger partial charge on any atom is -0.396 e. The zero-order valence-corrected chi connectivity index (χ0v) is 5.77. The van der Waals surface area contributed by atoms with Gasteiger partial charge in [0.25, 0.3) is 0 Å². The third-order valence-corrected chi connectivity index (χ3v) is 1.99. The fraction of sp³-hybridized carbons (Fsp3) is 1.00. The maximum absolute atomic E-state index is 9.21. The van der Waals surface area contributed by atoms with E-state index in [1.54, 1.807) is 0 Å². The number of piperidine rings is 1. The number of quaternary nitrogens is 1. The average molecular weight is 148 g/mol. The first-order valence-electron chi connectivity index (χ1n) is 3.54. The summed E-state index contributed by atoms with van der Waals surface area (Å²) >= 11 is 0. The summed E-state index contributed by atoms with van der Waals surface area (Å²) in [6.45, 7) is 1.20. The van der Waals surface area contributed by atoms with Crippen molar-refractivity contribution in [2.45, 2.75) is 12.2 Å². The quantitative estimate of drug-likeness (QED) is 0.318. The summed E-state index contributed by atoms with van der Waals surface area (Å²) in [6.07, 6.45) is -1.42. The first-order valence-corrected chi connectivity index (χ1v) is 3.54. The van der Waals surface area contributed by atoms with Gasteiger partial charge in [0.15, 0.2) is 0 Å². The van der Waals surface area contributed by atoms with E-state index in [-0.39, 0.29) is 12.5 Å². The van der Waals surface area contributed by atoms with Crippen LogP contribution in [0.15, 0.2) is 0 Å². The lowest BCUT2D eigenvalue weighted by Gasteiger charge is -2.28. The minimum atomic E-state index is -0.741. The molecule has 0 bridgehead atoms. The summed E-state index contributed by atoms with van der Waals surface area (Å²) < 4.78 is 0. The van der Waals surface area contributed by atoms with Crippen LogP contribution < -0.4 is 5.32 Å². The molecule has 0 aromatic rings. The Morgan fingerprint density at radius 2 is 2.00 bits per heavy atom. The Kier molecular flexibility index (Phi) is 2.62. The van der Waals surface area contributed by atoms with Crippen LogP contribution in [0.25, 0.3) is 0 Å². The molecule has 60 valence electrons. The Hall–Kier alpha value is -0.160. The first kappa shape index (κ1) is 7.94. The largest absolute Gasteiger partial charge is 0.396 e. The third kappa shape index (κ3) is 1.46. The topological polar surface area (TPSA) is 77.3 Å². The monoisotopic (exact) mass is 148 g/mol. The summed E-state index contributed by atoms with van der Waals surface area (Å²) in [7, 11) is 0. The number of hydrogen-bond donors (Lipinski definition) is 4. The zero-order valence-electron chi connectivity index (χ0n) is 5.77. The molecule has 0 saturated carbocycles. The number of hydrogen-bond acceptors (Lipinski definition) is 3. The molecule has 4 heteroatoms. The smallest absolute Gasteiger partial charge is 0.129 e. The standard InChI is InChI=1S/C6H13NO3/c8-3-4-1-7-2-5(9)6(4)10/h4-10H,1-3H2/p+1/t4-,5-,6+/m1/s1. The molecule has 0 aromatic heterocycles. The highest BCUT2D eigenvalue weighted by Gasteiger charge is 2.32. The molecule has 1 rings (SSSR count). The zero-order chi connectivity index (χ0) is 7.56. The van der Waals surface area contributed by atoms with Gasteiger partial charge in [-0.2, -0.15) is 0 Å². The Balaban J connectivity index is 2.42. The van der Waals surface area contributed by atoms with Crippen LogP contribution in [-0.4, -0.2) is 47.2 Å². The van der Waals surface area contributed by atoms with Crippen LogP contribution in [0.2, 0.25) is 0 Å². The highest BCUT2D eigenvalue weighted by atomic mass is 16.3. The van der Waals surface area contributed by atoms with Crippen molar-refractivity contribution in [3.05, 3.63) is 0 Å². The van der Waals surface area contributed by atoms with Gasteiger partial charge in [0.05, 0.1) is 25.2 Å². The SMILES string of the molecule is OC[C@H]1C[NH2+]C[C@@H](O)[C@H]1O. The molecule has 3 atom stereocenters. The predicted octanol–water partition coefficient (Wildman–Crippen LogP) is -3.11. The normalized spacial score (nSPS) is 41.7. The molecule has 1 heterocycles. The molecular formula is C6H14NO3+. The Bertz CT molecular complexity index is 109. The fourth-order valence-electron chi connectivity index (χ4n) is 1.26. The van der Waals surface area contributed by atoms with Crippen LogP contribution in [0.5, 0.6) is 0 Å². The lowest BCUT2D eigenvalue weighted by molar-refractivity contribution is -0.680. The van der Waals surface area contributed by atoms with E-state index in [1.165, 1.54) is 0 Å². The van der Waals surface area contributed by atoms with Gasteiger partial charge in [-0.05, 0) is 0 Å². The van der Waals surface area contributed by atoms with Crippen molar-refractivity contribution < 1.29 is 20.6 Å². The Morgan fingerprint density at radius 3 is 2.50 bits per heavy atom. The van der Waals surface area contributed by atoms with E-state index in [4.69, 9.17) is 10.2 Å². The molecule has 10 heavy (non-hydrogen) atoms. The van der Waals surface area contributed by atoms with E-state index in [0.29, 0.717) is 13.1 Å². The van der Waals surface area contributed by atoms with Gasteiger partial charge in [0, 0.05) is 0 Å². The van der Waals surface area contributed by atoms with Crippen LogP contribution in [-0.2, 0) is 0 Å². The van der Waals surface area contributed by atoms with Gasteiger partial charge < -0.3 is 20.6 Å². The second kappa shape index (κ2) is 3.30. The predicted molar refractivity (Wildman–Crippen MR) is 34.2 cm³/mol. The summed E-state index contributed by atoms with van der Waals surface area (Å²) in [5.74, 6) is -0.163. The van der Waals surface area contributed by atoms with Gasteiger partial charge in [-0.1, -0.05) is 0 Å². The van der Waals surface area contributed by atoms with E-state index in [9.17, 15) is 5.11 Å². The van der Waals surface area contributed by atoms with Gasteiger partial charge in [-0.3, -0.25) is 0 Å². The first-order chi connectivity index (χ1) is 4.75. The van der Waals surface area contributed by atoms with Crippen LogP contribution in [0, 0.1) is 5.92 Å². The molecule has 0 unspecified atom stereocenters. The lowest BCUT2D eigenvalue weighted by Crippen LogP contribution is -2.92. The maximum Gasteiger partial charge on any atom is 0.129 e. The molecule has 0 amide bonds. The third-order valence-electron chi connectivity index (χ3n) is 1.99. The molecule has 1 aliphatic rings. The molecule has 0 aliphatic carbocycles. The highest BCUT2D eigenvalue weighted by Crippen LogP contribution is 2.06. The Labute approximate surface area is 59.5 Å². The van der Waals surface area contributed by atoms with Crippen molar-refractivity contribution in [1.29, 1.82) is 0 Å². The molecule has 4 nitrogen and oxygen atoms in total. The van der Waals surface area contributed by atoms with Crippen molar-refractivity contribution in [3.63, 3.8) is 0 Å². The van der Waals surface area contributed by atoms with Gasteiger partial charge in [-0.25, -0.2) is 0 Å². The average Bonchev–Trinajstić information content (AvgIpc) is 1.95. The molecular weight excluding hydrogens is 134 g/mol. The highest BCUT2D eigenvalue weighted by molar-refractivity contribution is 4.76. The number of rotatable bonds is 1. The van der Waals surface area contributed by atoms with Crippen LogP contribution in [0.4, 0.5) is 0 Å². The minimum absolute atomic E-state index is 0.0469. The van der Waals surface area contributed by atoms with Crippen molar-refractivity contribution in [2.24, 2.45) is 5.92 Å². The summed E-state index contributed by atoms with van der Waals surface area (Å²) in [5, 5.41) is 28.9. The number of nitrogens with two attached hydrogens (primary N) is 1. The van der Waals surface area contributed by atoms with Crippen LogP contribution >= 0.6 is 0 Å². The molecule has 0 radical (unpaired) electrons. The fourth-order valence-corrected chi connectivity index (χ4v) is 1.26. The van der Waals surface area contributed by atoms with E-state index in [2.05, 4.69) is 0 Å². The van der Waals surface area contributed by atoms with E-state index >= 15 is 0 Å². The summed E-state index contributed by atoms with van der Waals surface area (Å²) in [4.78, 5) is 0. The van der Waals surface area contributed by atoms with Crippen LogP contribution in [0.3, 0.4) is 0 Å². The van der Waals surface area contributed by atoms with Crippen molar-refractivity contribution >= 4 is 0 Å². The summed E-state index contributed by atoms with van der Waals surface area (Å²) in [6, 6.07) is 0. The second-order valence-electron chi connectivity index (χ2n) is 2.76. The maximum atomic E-state index is 9.21. The van der Waals surface area contributed by atoms with Crippen molar-refractivity contribution in [1.82, 2.24) is 0 Å². The molecule has 0 aromatic carbocycles. The van der Waals surface area contributed by atoms with Gasteiger partial charge >= 0.3 is 0 Å². The van der Waals surface area contributed by atoms with Crippen molar-refractivity contribution in [2.75, 3.05) is 19.7 Å². The van der Waals surface area contributed by atoms with E-state index in [0.717, 1.165) is 0 Å². The van der Waals surface area contributed by atoms with E-state index in [1.807, 2.05) is 5.32 Å². The molecule has 0 spiro atoms. The van der Waals surface area contributed by atoms with Crippen LogP contribution in [0.1, 0.15) is 0 Å². The van der Waals surface area contributed by atoms with Crippen molar-refractivity contribution in [3.8, 4) is 0 Å². The number of aliphatic hydroxyl groups is 3. The van der Waals surface area contributed by atoms with Gasteiger partial charge in [-0.15, -0.1) is 0 Å². The van der Waals surface area contributed by atoms with E-state index < -0.39 is 12.2 Å². The van der Waals surface area contributed by atoms with Gasteiger partial charge in [0.1, 0.15) is 12.6 Å². The summed E-state index contributed by atoms with van der Waals surface area (Å²) in [5.41, 5.74) is 0. The molecule has 5 N–H and O–H groups in total. The Morgan fingerprint density at radius 1 is 1.30 bits per heavy atom.